The fourth-order valence-electron chi connectivity index (χ4n) is 3.33. The van der Waals surface area contributed by atoms with E-state index in [1.807, 2.05) is 39.0 Å². The van der Waals surface area contributed by atoms with Crippen LogP contribution < -0.4 is 19.1 Å². The molecule has 2 aromatic carbocycles. The quantitative estimate of drug-likeness (QED) is 0.649. The number of benzene rings is 2. The Balaban J connectivity index is 1.98. The van der Waals surface area contributed by atoms with Gasteiger partial charge in [-0.3, -0.25) is 4.72 Å². The summed E-state index contributed by atoms with van der Waals surface area (Å²) in [6.45, 7) is 9.43. The summed E-state index contributed by atoms with van der Waals surface area (Å²) in [5.74, 6) is 1.08. The number of anilines is 2. The van der Waals surface area contributed by atoms with Crippen molar-refractivity contribution in [2.45, 2.75) is 32.1 Å². The van der Waals surface area contributed by atoms with Gasteiger partial charge in [-0.25, -0.2) is 8.42 Å². The molecule has 8 heteroatoms. The van der Waals surface area contributed by atoms with Gasteiger partial charge in [-0.1, -0.05) is 19.1 Å². The predicted octanol–water partition coefficient (Wildman–Crippen LogP) is 3.68. The van der Waals surface area contributed by atoms with Crippen molar-refractivity contribution in [2.75, 3.05) is 49.1 Å². The SMILES string of the molecule is CCOc1cc(N2CCOCC2)c(OCC)cc1NS(=O)(=O)c1ccc(CC)cc1. The van der Waals surface area contributed by atoms with Crippen molar-refractivity contribution in [3.8, 4) is 11.5 Å². The van der Waals surface area contributed by atoms with Gasteiger partial charge >= 0.3 is 0 Å². The van der Waals surface area contributed by atoms with E-state index in [1.54, 1.807) is 18.2 Å². The van der Waals surface area contributed by atoms with Crippen LogP contribution in [0, 0.1) is 0 Å². The van der Waals surface area contributed by atoms with Crippen LogP contribution in [0.2, 0.25) is 0 Å². The van der Waals surface area contributed by atoms with Crippen molar-refractivity contribution in [3.05, 3.63) is 42.0 Å². The molecule has 7 nitrogen and oxygen atoms in total. The smallest absolute Gasteiger partial charge is 0.262 e. The Bertz CT molecular complexity index is 939. The van der Waals surface area contributed by atoms with Crippen molar-refractivity contribution < 1.29 is 22.6 Å². The van der Waals surface area contributed by atoms with E-state index >= 15 is 0 Å². The molecule has 0 atom stereocenters. The number of aryl methyl sites for hydroxylation is 1. The third-order valence-corrected chi connectivity index (χ3v) is 6.28. The molecule has 1 aliphatic heterocycles. The second-order valence-electron chi connectivity index (χ2n) is 6.88. The van der Waals surface area contributed by atoms with Crippen molar-refractivity contribution >= 4 is 21.4 Å². The molecule has 1 saturated heterocycles. The van der Waals surface area contributed by atoms with E-state index < -0.39 is 10.0 Å². The van der Waals surface area contributed by atoms with Crippen molar-refractivity contribution in [1.82, 2.24) is 0 Å². The summed E-state index contributed by atoms with van der Waals surface area (Å²) in [6.07, 6.45) is 0.850. The lowest BCUT2D eigenvalue weighted by molar-refractivity contribution is 0.122. The van der Waals surface area contributed by atoms with E-state index in [1.165, 1.54) is 0 Å². The summed E-state index contributed by atoms with van der Waals surface area (Å²) < 4.78 is 45.7. The highest BCUT2D eigenvalue weighted by molar-refractivity contribution is 7.92. The number of morpholine rings is 1. The van der Waals surface area contributed by atoms with E-state index in [2.05, 4.69) is 9.62 Å². The van der Waals surface area contributed by atoms with Crippen LogP contribution in [0.3, 0.4) is 0 Å². The minimum Gasteiger partial charge on any atom is -0.492 e. The van der Waals surface area contributed by atoms with Crippen LogP contribution in [0.25, 0.3) is 0 Å². The molecule has 1 fully saturated rings. The van der Waals surface area contributed by atoms with Gasteiger partial charge in [-0.15, -0.1) is 0 Å². The zero-order chi connectivity index (χ0) is 21.6. The van der Waals surface area contributed by atoms with E-state index in [0.29, 0.717) is 43.6 Å². The monoisotopic (exact) mass is 434 g/mol. The van der Waals surface area contributed by atoms with E-state index in [-0.39, 0.29) is 4.90 Å². The standard InChI is InChI=1S/C22H30N2O5S/c1-4-17-7-9-18(10-8-17)30(25,26)23-19-15-22(29-6-3)20(16-21(19)28-5-2)24-11-13-27-14-12-24/h7-10,15-16,23H,4-6,11-14H2,1-3H3. The normalized spacial score (nSPS) is 14.4. The highest BCUT2D eigenvalue weighted by Gasteiger charge is 2.22. The fraction of sp³-hybridized carbons (Fsp3) is 0.455. The summed E-state index contributed by atoms with van der Waals surface area (Å²) in [4.78, 5) is 2.37. The summed E-state index contributed by atoms with van der Waals surface area (Å²) in [6, 6.07) is 10.4. The van der Waals surface area contributed by atoms with Crippen LogP contribution in [0.5, 0.6) is 11.5 Å². The summed E-state index contributed by atoms with van der Waals surface area (Å²) in [5, 5.41) is 0. The first-order chi connectivity index (χ1) is 14.5. The molecule has 2 aromatic rings. The Morgan fingerprint density at radius 1 is 0.967 bits per heavy atom. The first-order valence-electron chi connectivity index (χ1n) is 10.4. The number of nitrogens with zero attached hydrogens (tertiary/aromatic N) is 1. The number of nitrogens with one attached hydrogen (secondary N) is 1. The lowest BCUT2D eigenvalue weighted by Gasteiger charge is -2.31. The second-order valence-corrected chi connectivity index (χ2v) is 8.57. The second kappa shape index (κ2) is 10.0. The fourth-order valence-corrected chi connectivity index (χ4v) is 4.40. The Kier molecular flexibility index (Phi) is 7.44. The molecule has 0 radical (unpaired) electrons. The molecular weight excluding hydrogens is 404 g/mol. The number of sulfonamides is 1. The molecule has 0 saturated carbocycles. The van der Waals surface area contributed by atoms with E-state index in [0.717, 1.165) is 30.8 Å². The minimum absolute atomic E-state index is 0.206. The van der Waals surface area contributed by atoms with Crippen LogP contribution in [0.1, 0.15) is 26.3 Å². The van der Waals surface area contributed by atoms with Crippen LogP contribution in [-0.2, 0) is 21.2 Å². The van der Waals surface area contributed by atoms with Gasteiger partial charge in [-0.2, -0.15) is 0 Å². The molecular formula is C22H30N2O5S. The maximum Gasteiger partial charge on any atom is 0.262 e. The molecule has 1 N–H and O–H groups in total. The molecule has 0 amide bonds. The van der Waals surface area contributed by atoms with Gasteiger partial charge in [0.1, 0.15) is 11.5 Å². The Morgan fingerprint density at radius 3 is 2.20 bits per heavy atom. The molecule has 164 valence electrons. The van der Waals surface area contributed by atoms with Crippen LogP contribution >= 0.6 is 0 Å². The Hall–Kier alpha value is -2.45. The first kappa shape index (κ1) is 22.2. The average Bonchev–Trinajstić information content (AvgIpc) is 2.76. The molecule has 0 spiro atoms. The zero-order valence-corrected chi connectivity index (χ0v) is 18.6. The van der Waals surface area contributed by atoms with Gasteiger partial charge in [0, 0.05) is 25.2 Å². The third-order valence-electron chi connectivity index (χ3n) is 4.90. The molecule has 0 unspecified atom stereocenters. The van der Waals surface area contributed by atoms with E-state index in [9.17, 15) is 8.42 Å². The van der Waals surface area contributed by atoms with Crippen molar-refractivity contribution in [1.29, 1.82) is 0 Å². The number of ether oxygens (including phenoxy) is 3. The Morgan fingerprint density at radius 2 is 1.60 bits per heavy atom. The molecule has 1 heterocycles. The average molecular weight is 435 g/mol. The highest BCUT2D eigenvalue weighted by Crippen LogP contribution is 2.40. The highest BCUT2D eigenvalue weighted by atomic mass is 32.2. The molecule has 1 aliphatic rings. The summed E-state index contributed by atoms with van der Waals surface area (Å²) in [5.41, 5.74) is 2.31. The van der Waals surface area contributed by atoms with Crippen LogP contribution in [0.15, 0.2) is 41.3 Å². The van der Waals surface area contributed by atoms with Gasteiger partial charge in [0.05, 0.1) is 42.7 Å². The van der Waals surface area contributed by atoms with Crippen molar-refractivity contribution in [2.24, 2.45) is 0 Å². The molecule has 30 heavy (non-hydrogen) atoms. The molecule has 3 rings (SSSR count). The first-order valence-corrected chi connectivity index (χ1v) is 11.8. The lowest BCUT2D eigenvalue weighted by Crippen LogP contribution is -2.36. The third kappa shape index (κ3) is 5.17. The number of hydrogen-bond donors (Lipinski definition) is 1. The maximum absolute atomic E-state index is 13.0. The number of hydrogen-bond acceptors (Lipinski definition) is 6. The van der Waals surface area contributed by atoms with Gasteiger partial charge in [0.2, 0.25) is 0 Å². The van der Waals surface area contributed by atoms with Gasteiger partial charge in [-0.05, 0) is 38.0 Å². The predicted molar refractivity (Wildman–Crippen MR) is 118 cm³/mol. The Labute approximate surface area is 179 Å². The van der Waals surface area contributed by atoms with Gasteiger partial charge < -0.3 is 19.1 Å². The summed E-state index contributed by atoms with van der Waals surface area (Å²) >= 11 is 0. The molecule has 0 aliphatic carbocycles. The van der Waals surface area contributed by atoms with Gasteiger partial charge in [0.25, 0.3) is 10.0 Å². The topological polar surface area (TPSA) is 77.1 Å². The largest absolute Gasteiger partial charge is 0.492 e. The summed E-state index contributed by atoms with van der Waals surface area (Å²) in [7, 11) is -3.77. The van der Waals surface area contributed by atoms with E-state index in [4.69, 9.17) is 14.2 Å². The van der Waals surface area contributed by atoms with Crippen molar-refractivity contribution in [3.63, 3.8) is 0 Å². The van der Waals surface area contributed by atoms with Crippen LogP contribution in [-0.4, -0.2) is 47.9 Å². The maximum atomic E-state index is 13.0. The molecule has 0 aromatic heterocycles. The molecule has 0 bridgehead atoms. The van der Waals surface area contributed by atoms with Gasteiger partial charge in [0.15, 0.2) is 0 Å². The zero-order valence-electron chi connectivity index (χ0n) is 17.8. The number of rotatable bonds is 9. The lowest BCUT2D eigenvalue weighted by atomic mass is 10.2. The van der Waals surface area contributed by atoms with Crippen LogP contribution in [0.4, 0.5) is 11.4 Å². The minimum atomic E-state index is -3.77.